The first-order valence-electron chi connectivity index (χ1n) is 9.88. The van der Waals surface area contributed by atoms with Gasteiger partial charge in [-0.3, -0.25) is 4.72 Å². The molecule has 0 bridgehead atoms. The lowest BCUT2D eigenvalue weighted by atomic mass is 10.1. The molecule has 1 aromatic carbocycles. The van der Waals surface area contributed by atoms with Gasteiger partial charge in [0.15, 0.2) is 11.0 Å². The zero-order valence-electron chi connectivity index (χ0n) is 18.0. The van der Waals surface area contributed by atoms with Gasteiger partial charge >= 0.3 is 0 Å². The number of aromatic amines is 1. The Kier molecular flexibility index (Phi) is 7.83. The number of benzene rings is 1. The number of allylic oxidation sites excluding steroid dienone is 2. The summed E-state index contributed by atoms with van der Waals surface area (Å²) < 4.78 is 51.3. The summed E-state index contributed by atoms with van der Waals surface area (Å²) in [5.74, 6) is 0.000620. The summed E-state index contributed by atoms with van der Waals surface area (Å²) in [6.07, 6.45) is 3.94. The molecule has 3 rings (SSSR count). The van der Waals surface area contributed by atoms with Crippen LogP contribution in [0.25, 0.3) is 16.6 Å². The number of nitrogens with two attached hydrogens (primary N) is 2. The third-order valence-electron chi connectivity index (χ3n) is 4.55. The number of H-pyrrole nitrogens is 1. The summed E-state index contributed by atoms with van der Waals surface area (Å²) in [6, 6.07) is 5.42. The summed E-state index contributed by atoms with van der Waals surface area (Å²) in [7, 11) is -0.430. The molecule has 0 radical (unpaired) electrons. The minimum Gasteiger partial charge on any atom is -0.480 e. The molecule has 9 nitrogen and oxygen atoms in total. The highest BCUT2D eigenvalue weighted by Gasteiger charge is 2.20. The van der Waals surface area contributed by atoms with Crippen molar-refractivity contribution in [3.05, 3.63) is 54.0 Å². The number of nitrogens with zero attached hydrogens (tertiary/aromatic N) is 2. The second-order valence-corrected chi connectivity index (χ2v) is 7.83. The van der Waals surface area contributed by atoms with Gasteiger partial charge in [-0.2, -0.15) is 4.98 Å². The number of para-hydroxylation sites is 1. The number of alkyl halides is 2. The predicted octanol–water partition coefficient (Wildman–Crippen LogP) is 3.08. The third kappa shape index (κ3) is 5.40. The van der Waals surface area contributed by atoms with E-state index in [-0.39, 0.29) is 17.6 Å². The smallest absolute Gasteiger partial charge is 0.272 e. The number of fused-ring (bicyclic) bond motifs is 1. The Balaban J connectivity index is 1.93. The van der Waals surface area contributed by atoms with Gasteiger partial charge in [0.2, 0.25) is 11.7 Å². The first-order valence-corrected chi connectivity index (χ1v) is 11.0. The van der Waals surface area contributed by atoms with Crippen LogP contribution >= 0.6 is 0 Å². The molecule has 1 atom stereocenters. The van der Waals surface area contributed by atoms with Crippen molar-refractivity contribution in [3.8, 4) is 11.6 Å². The van der Waals surface area contributed by atoms with E-state index in [2.05, 4.69) is 19.7 Å². The first kappa shape index (κ1) is 24.0. The van der Waals surface area contributed by atoms with E-state index in [1.54, 1.807) is 37.4 Å². The number of aromatic nitrogens is 3. The van der Waals surface area contributed by atoms with Gasteiger partial charge in [-0.1, -0.05) is 25.1 Å². The average Bonchev–Trinajstić information content (AvgIpc) is 3.25. The van der Waals surface area contributed by atoms with Crippen molar-refractivity contribution < 1.29 is 22.5 Å². The molecule has 12 heteroatoms. The summed E-state index contributed by atoms with van der Waals surface area (Å²) in [5, 5.41) is 0.686. The molecule has 0 aliphatic rings. The van der Waals surface area contributed by atoms with Gasteiger partial charge in [0.05, 0.1) is 23.2 Å². The molecule has 33 heavy (non-hydrogen) atoms. The van der Waals surface area contributed by atoms with E-state index in [0.717, 1.165) is 5.56 Å². The van der Waals surface area contributed by atoms with E-state index >= 15 is 0 Å². The maximum absolute atomic E-state index is 13.1. The summed E-state index contributed by atoms with van der Waals surface area (Å²) in [4.78, 5) is 11.9. The Bertz CT molecular complexity index is 1190. The van der Waals surface area contributed by atoms with Gasteiger partial charge in [0.25, 0.3) is 12.3 Å². The fraction of sp³-hybridized carbons (Fsp3) is 0.238. The van der Waals surface area contributed by atoms with Crippen molar-refractivity contribution in [2.45, 2.75) is 24.7 Å². The molecule has 6 N–H and O–H groups in total. The molecule has 1 unspecified atom stereocenters. The van der Waals surface area contributed by atoms with Crippen molar-refractivity contribution in [2.75, 3.05) is 18.4 Å². The van der Waals surface area contributed by atoms with E-state index < -0.39 is 24.0 Å². The van der Waals surface area contributed by atoms with Gasteiger partial charge < -0.3 is 25.9 Å². The topological polar surface area (TPSA) is 141 Å². The van der Waals surface area contributed by atoms with Crippen LogP contribution in [0.1, 0.15) is 18.2 Å². The van der Waals surface area contributed by atoms with Crippen LogP contribution in [0.5, 0.6) is 11.6 Å². The molecular weight excluding hydrogens is 454 g/mol. The monoisotopic (exact) mass is 478 g/mol. The molecule has 0 spiro atoms. The van der Waals surface area contributed by atoms with Crippen LogP contribution in [0.15, 0.2) is 47.6 Å². The fourth-order valence-electron chi connectivity index (χ4n) is 3.10. The van der Waals surface area contributed by atoms with Gasteiger partial charge in [-0.25, -0.2) is 18.0 Å². The number of rotatable bonds is 10. The second kappa shape index (κ2) is 10.8. The van der Waals surface area contributed by atoms with Gasteiger partial charge in [-0.15, -0.1) is 0 Å². The quantitative estimate of drug-likeness (QED) is 0.328. The SMILES string of the molecule is CCc1nc(NS(=O)c2c[nH]c3c(/C(N)=C/C=C\N)cccc23)nc(OC)c1OCC(F)F. The fourth-order valence-corrected chi connectivity index (χ4v) is 4.00. The lowest BCUT2D eigenvalue weighted by Crippen LogP contribution is -2.14. The number of halogens is 2. The Morgan fingerprint density at radius 3 is 2.82 bits per heavy atom. The van der Waals surface area contributed by atoms with E-state index in [0.29, 0.717) is 33.6 Å². The normalized spacial score (nSPS) is 13.1. The van der Waals surface area contributed by atoms with Crippen LogP contribution in [0, 0.1) is 0 Å². The van der Waals surface area contributed by atoms with Crippen molar-refractivity contribution >= 4 is 33.5 Å². The second-order valence-electron chi connectivity index (χ2n) is 6.65. The minimum atomic E-state index is -2.66. The molecule has 0 saturated heterocycles. The minimum absolute atomic E-state index is 0.00410. The van der Waals surface area contributed by atoms with Gasteiger partial charge in [-0.05, 0) is 24.8 Å². The largest absolute Gasteiger partial charge is 0.480 e. The third-order valence-corrected chi connectivity index (χ3v) is 5.65. The number of hydrogen-bond donors (Lipinski definition) is 4. The molecule has 3 aromatic rings. The molecule has 0 amide bonds. The van der Waals surface area contributed by atoms with Crippen LogP contribution in [-0.2, 0) is 17.4 Å². The van der Waals surface area contributed by atoms with E-state index in [4.69, 9.17) is 20.9 Å². The zero-order chi connectivity index (χ0) is 24.0. The van der Waals surface area contributed by atoms with Crippen molar-refractivity contribution in [3.63, 3.8) is 0 Å². The highest BCUT2D eigenvalue weighted by Crippen LogP contribution is 2.31. The first-order chi connectivity index (χ1) is 15.9. The maximum Gasteiger partial charge on any atom is 0.272 e. The Morgan fingerprint density at radius 1 is 1.36 bits per heavy atom. The Labute approximate surface area is 191 Å². The molecule has 0 fully saturated rings. The number of methoxy groups -OCH3 is 1. The zero-order valence-corrected chi connectivity index (χ0v) is 18.8. The molecule has 176 valence electrons. The van der Waals surface area contributed by atoms with Crippen LogP contribution in [0.4, 0.5) is 14.7 Å². The van der Waals surface area contributed by atoms with Crippen molar-refractivity contribution in [2.24, 2.45) is 11.5 Å². The number of nitrogens with one attached hydrogen (secondary N) is 2. The lowest BCUT2D eigenvalue weighted by Gasteiger charge is -2.14. The summed E-state index contributed by atoms with van der Waals surface area (Å²) >= 11 is 0. The highest BCUT2D eigenvalue weighted by atomic mass is 32.2. The molecular formula is C21H24F2N6O3S. The standard InChI is InChI=1S/C21H24F2N6O3S/c1-3-15-19(32-11-17(22)23)20(31-2)28-21(27-15)29-33(30)16-10-26-18-12(6-4-7-13(16)18)14(25)8-5-9-24/h4-10,17,26H,3,11,24-25H2,1-2H3,(H,27,28,29)/b9-5-,14-8-. The van der Waals surface area contributed by atoms with Crippen LogP contribution in [0.3, 0.4) is 0 Å². The molecule has 0 aliphatic heterocycles. The average molecular weight is 479 g/mol. The van der Waals surface area contributed by atoms with E-state index in [1.807, 2.05) is 6.07 Å². The predicted molar refractivity (Wildman–Crippen MR) is 123 cm³/mol. The molecule has 0 aliphatic carbocycles. The Morgan fingerprint density at radius 2 is 2.15 bits per heavy atom. The molecule has 0 saturated carbocycles. The van der Waals surface area contributed by atoms with Gasteiger partial charge in [0, 0.05) is 22.8 Å². The number of ether oxygens (including phenoxy) is 2. The van der Waals surface area contributed by atoms with Crippen molar-refractivity contribution in [1.29, 1.82) is 0 Å². The van der Waals surface area contributed by atoms with Crippen LogP contribution in [0.2, 0.25) is 0 Å². The molecule has 2 heterocycles. The van der Waals surface area contributed by atoms with Crippen LogP contribution in [-0.4, -0.2) is 39.3 Å². The van der Waals surface area contributed by atoms with E-state index in [1.165, 1.54) is 13.3 Å². The lowest BCUT2D eigenvalue weighted by molar-refractivity contribution is 0.0793. The highest BCUT2D eigenvalue weighted by molar-refractivity contribution is 7.86. The van der Waals surface area contributed by atoms with Crippen LogP contribution < -0.4 is 25.7 Å². The summed E-state index contributed by atoms with van der Waals surface area (Å²) in [6.45, 7) is 0.957. The van der Waals surface area contributed by atoms with Crippen molar-refractivity contribution in [1.82, 2.24) is 15.0 Å². The van der Waals surface area contributed by atoms with Gasteiger partial charge in [0.1, 0.15) is 6.61 Å². The van der Waals surface area contributed by atoms with E-state index in [9.17, 15) is 13.0 Å². The number of anilines is 1. The number of hydrogen-bond acceptors (Lipinski definition) is 7. The number of aryl methyl sites for hydroxylation is 1. The summed E-state index contributed by atoms with van der Waals surface area (Å²) in [5.41, 5.74) is 13.7. The maximum atomic E-state index is 13.1. The molecule has 2 aromatic heterocycles. The Hall–Kier alpha value is -3.67.